The number of benzene rings is 3. The molecule has 206 valence electrons. The number of hydrogen-bond donors (Lipinski definition) is 0. The maximum Gasteiger partial charge on any atom is 0.338 e. The molecule has 0 bridgehead atoms. The van der Waals surface area contributed by atoms with E-state index in [9.17, 15) is 9.59 Å². The van der Waals surface area contributed by atoms with E-state index < -0.39 is 12.0 Å². The van der Waals surface area contributed by atoms with Gasteiger partial charge in [0.25, 0.3) is 5.56 Å². The highest BCUT2D eigenvalue weighted by Gasteiger charge is 2.35. The number of terminal acetylenes is 1. The quantitative estimate of drug-likeness (QED) is 0.223. The van der Waals surface area contributed by atoms with Gasteiger partial charge in [-0.05, 0) is 55.3 Å². The average Bonchev–Trinajstić information content (AvgIpc) is 3.31. The molecule has 1 aromatic heterocycles. The summed E-state index contributed by atoms with van der Waals surface area (Å²) in [6, 6.07) is 23.4. The second kappa shape index (κ2) is 12.5. The van der Waals surface area contributed by atoms with Gasteiger partial charge >= 0.3 is 5.97 Å². The summed E-state index contributed by atoms with van der Waals surface area (Å²) in [6.45, 7) is 4.56. The summed E-state index contributed by atoms with van der Waals surface area (Å²) < 4.78 is 18.7. The minimum absolute atomic E-state index is 0.177. The van der Waals surface area contributed by atoms with Crippen LogP contribution in [0.2, 0.25) is 0 Å². The number of thiazole rings is 1. The smallest absolute Gasteiger partial charge is 0.338 e. The summed E-state index contributed by atoms with van der Waals surface area (Å²) in [6.07, 6.45) is 7.08. The zero-order valence-electron chi connectivity index (χ0n) is 22.7. The zero-order chi connectivity index (χ0) is 28.8. The molecule has 5 rings (SSSR count). The van der Waals surface area contributed by atoms with Gasteiger partial charge in [-0.2, -0.15) is 0 Å². The number of aromatic nitrogens is 1. The van der Waals surface area contributed by atoms with E-state index in [0.717, 1.165) is 16.7 Å². The lowest BCUT2D eigenvalue weighted by Gasteiger charge is -2.26. The van der Waals surface area contributed by atoms with E-state index in [2.05, 4.69) is 5.92 Å². The first-order valence-electron chi connectivity index (χ1n) is 13.2. The number of esters is 1. The van der Waals surface area contributed by atoms with E-state index in [1.807, 2.05) is 73.7 Å². The second-order valence-corrected chi connectivity index (χ2v) is 10.0. The van der Waals surface area contributed by atoms with Crippen LogP contribution in [0.5, 0.6) is 11.5 Å². The fourth-order valence-corrected chi connectivity index (χ4v) is 5.61. The SMILES string of the molecule is C#CCOc1ccc(/C=c2\sc3n(c2=O)[C@@H](c2ccc(OCC)cc2)C(C(=O)OCC)=C(c2ccccc2)N=3)cc1. The van der Waals surface area contributed by atoms with Gasteiger partial charge in [0.1, 0.15) is 18.1 Å². The first-order chi connectivity index (χ1) is 20.0. The van der Waals surface area contributed by atoms with Crippen LogP contribution in [0.1, 0.15) is 36.6 Å². The molecule has 3 aromatic carbocycles. The number of fused-ring (bicyclic) bond motifs is 1. The zero-order valence-corrected chi connectivity index (χ0v) is 23.5. The fraction of sp³-hybridized carbons (Fsp3) is 0.182. The molecule has 0 saturated heterocycles. The lowest BCUT2D eigenvalue weighted by Crippen LogP contribution is -2.40. The molecular weight excluding hydrogens is 536 g/mol. The van der Waals surface area contributed by atoms with Crippen LogP contribution in [0.15, 0.2) is 94.2 Å². The number of ether oxygens (including phenoxy) is 3. The van der Waals surface area contributed by atoms with Gasteiger partial charge in [-0.15, -0.1) is 6.42 Å². The number of hydrogen-bond acceptors (Lipinski definition) is 7. The maximum atomic E-state index is 14.0. The molecule has 0 unspecified atom stereocenters. The van der Waals surface area contributed by atoms with E-state index in [1.165, 1.54) is 11.3 Å². The number of carbonyl (C=O) groups is 1. The Bertz CT molecular complexity index is 1800. The molecule has 0 spiro atoms. The van der Waals surface area contributed by atoms with Gasteiger partial charge in [-0.1, -0.05) is 71.9 Å². The normalized spacial score (nSPS) is 14.6. The van der Waals surface area contributed by atoms with Crippen molar-refractivity contribution in [1.82, 2.24) is 4.57 Å². The van der Waals surface area contributed by atoms with E-state index >= 15 is 0 Å². The molecule has 8 heteroatoms. The Morgan fingerprint density at radius 2 is 1.66 bits per heavy atom. The number of carbonyl (C=O) groups excluding carboxylic acids is 1. The van der Waals surface area contributed by atoms with E-state index in [1.54, 1.807) is 29.7 Å². The summed E-state index contributed by atoms with van der Waals surface area (Å²) in [7, 11) is 0. The van der Waals surface area contributed by atoms with Crippen LogP contribution in [-0.4, -0.2) is 30.4 Å². The summed E-state index contributed by atoms with van der Waals surface area (Å²) in [5.41, 5.74) is 2.83. The van der Waals surface area contributed by atoms with Crippen molar-refractivity contribution in [1.29, 1.82) is 0 Å². The van der Waals surface area contributed by atoms with Gasteiger partial charge in [-0.25, -0.2) is 9.79 Å². The molecule has 0 saturated carbocycles. The largest absolute Gasteiger partial charge is 0.494 e. The van der Waals surface area contributed by atoms with Gasteiger partial charge in [0.05, 0.1) is 35.1 Å². The molecule has 0 fully saturated rings. The molecule has 41 heavy (non-hydrogen) atoms. The van der Waals surface area contributed by atoms with Crippen molar-refractivity contribution in [3.05, 3.63) is 121 Å². The molecule has 1 aliphatic rings. The first kappa shape index (κ1) is 27.7. The van der Waals surface area contributed by atoms with Crippen LogP contribution < -0.4 is 24.4 Å². The Balaban J connectivity index is 1.72. The lowest BCUT2D eigenvalue weighted by molar-refractivity contribution is -0.138. The Labute approximate surface area is 241 Å². The minimum atomic E-state index is -0.752. The summed E-state index contributed by atoms with van der Waals surface area (Å²) in [5.74, 6) is 3.26. The Morgan fingerprint density at radius 3 is 2.32 bits per heavy atom. The molecule has 7 nitrogen and oxygen atoms in total. The van der Waals surface area contributed by atoms with Gasteiger partial charge in [0, 0.05) is 5.56 Å². The van der Waals surface area contributed by atoms with Crippen LogP contribution in [0.25, 0.3) is 11.8 Å². The highest BCUT2D eigenvalue weighted by molar-refractivity contribution is 7.07. The van der Waals surface area contributed by atoms with E-state index in [4.69, 9.17) is 25.6 Å². The van der Waals surface area contributed by atoms with Crippen molar-refractivity contribution in [2.75, 3.05) is 19.8 Å². The summed E-state index contributed by atoms with van der Waals surface area (Å²) in [4.78, 5) is 32.9. The molecular formula is C33H28N2O5S. The van der Waals surface area contributed by atoms with E-state index in [0.29, 0.717) is 38.7 Å². The molecule has 0 radical (unpaired) electrons. The van der Waals surface area contributed by atoms with Crippen molar-refractivity contribution in [3.8, 4) is 23.8 Å². The summed E-state index contributed by atoms with van der Waals surface area (Å²) in [5, 5.41) is 0. The topological polar surface area (TPSA) is 79.1 Å². The molecule has 2 heterocycles. The lowest BCUT2D eigenvalue weighted by atomic mass is 9.93. The second-order valence-electron chi connectivity index (χ2n) is 9.00. The van der Waals surface area contributed by atoms with Crippen LogP contribution in [0.3, 0.4) is 0 Å². The monoisotopic (exact) mass is 564 g/mol. The maximum absolute atomic E-state index is 14.0. The van der Waals surface area contributed by atoms with Crippen LogP contribution >= 0.6 is 11.3 Å². The molecule has 1 atom stereocenters. The Hall–Kier alpha value is -4.87. The van der Waals surface area contributed by atoms with Crippen molar-refractivity contribution >= 4 is 29.1 Å². The fourth-order valence-electron chi connectivity index (χ4n) is 4.61. The van der Waals surface area contributed by atoms with Gasteiger partial charge in [0.15, 0.2) is 4.80 Å². The third-order valence-corrected chi connectivity index (χ3v) is 7.36. The highest BCUT2D eigenvalue weighted by Crippen LogP contribution is 2.35. The van der Waals surface area contributed by atoms with Crippen LogP contribution in [0, 0.1) is 12.3 Å². The molecule has 1 aliphatic heterocycles. The first-order valence-corrected chi connectivity index (χ1v) is 14.0. The Kier molecular flexibility index (Phi) is 8.47. The average molecular weight is 565 g/mol. The molecule has 0 aliphatic carbocycles. The van der Waals surface area contributed by atoms with E-state index in [-0.39, 0.29) is 18.8 Å². The standard InChI is InChI=1S/C33H28N2O5S/c1-4-20-40-26-16-12-22(13-17-26)21-27-31(36)35-30(24-14-18-25(19-15-24)38-5-2)28(32(37)39-6-3)29(34-33(35)41-27)23-10-8-7-9-11-23/h1,7-19,21,30H,5-6,20H2,2-3H3/b27-21-/t30-/m0/s1. The predicted molar refractivity (Wildman–Crippen MR) is 159 cm³/mol. The van der Waals surface area contributed by atoms with Gasteiger partial charge in [0.2, 0.25) is 0 Å². The van der Waals surface area contributed by atoms with Gasteiger partial charge < -0.3 is 14.2 Å². The Morgan fingerprint density at radius 1 is 0.976 bits per heavy atom. The molecule has 0 amide bonds. The van der Waals surface area contributed by atoms with Crippen LogP contribution in [0.4, 0.5) is 0 Å². The highest BCUT2D eigenvalue weighted by atomic mass is 32.1. The third-order valence-electron chi connectivity index (χ3n) is 6.38. The van der Waals surface area contributed by atoms with Crippen molar-refractivity contribution < 1.29 is 19.0 Å². The van der Waals surface area contributed by atoms with Gasteiger partial charge in [-0.3, -0.25) is 9.36 Å². The molecule has 4 aromatic rings. The number of rotatable bonds is 9. The van der Waals surface area contributed by atoms with Crippen molar-refractivity contribution in [2.45, 2.75) is 19.9 Å². The third kappa shape index (κ3) is 5.86. The predicted octanol–water partition coefficient (Wildman–Crippen LogP) is 4.35. The summed E-state index contributed by atoms with van der Waals surface area (Å²) >= 11 is 1.27. The van der Waals surface area contributed by atoms with Crippen molar-refractivity contribution in [2.24, 2.45) is 4.99 Å². The van der Waals surface area contributed by atoms with Crippen LogP contribution in [-0.2, 0) is 9.53 Å². The van der Waals surface area contributed by atoms with Crippen molar-refractivity contribution in [3.63, 3.8) is 0 Å². The number of nitrogens with zero attached hydrogens (tertiary/aromatic N) is 2. The molecule has 0 N–H and O–H groups in total. The minimum Gasteiger partial charge on any atom is -0.494 e.